The second kappa shape index (κ2) is 11.3. The van der Waals surface area contributed by atoms with Crippen LogP contribution in [0.2, 0.25) is 5.02 Å². The van der Waals surface area contributed by atoms with E-state index in [2.05, 4.69) is 20.5 Å². The molecule has 10 nitrogen and oxygen atoms in total. The Kier molecular flexibility index (Phi) is 7.74. The van der Waals surface area contributed by atoms with Gasteiger partial charge in [-0.3, -0.25) is 14.3 Å². The predicted molar refractivity (Wildman–Crippen MR) is 152 cm³/mol. The summed E-state index contributed by atoms with van der Waals surface area (Å²) in [6.07, 6.45) is 0.418. The van der Waals surface area contributed by atoms with Gasteiger partial charge in [0.25, 0.3) is 18.2 Å². The fraction of sp³-hybridized carbons (Fsp3) is 0.222. The zero-order chi connectivity index (χ0) is 29.4. The molecule has 0 spiro atoms. The van der Waals surface area contributed by atoms with E-state index in [0.717, 1.165) is 16.9 Å². The molecule has 0 aliphatic rings. The van der Waals surface area contributed by atoms with Crippen LogP contribution < -0.4 is 15.8 Å². The number of ether oxygens (including phenoxy) is 1. The third-order valence-electron chi connectivity index (χ3n) is 6.29. The van der Waals surface area contributed by atoms with Crippen molar-refractivity contribution >= 4 is 50.7 Å². The number of aryl methyl sites for hydroxylation is 3. The number of primary amides is 1. The molecule has 41 heavy (non-hydrogen) atoms. The number of nitrogens with two attached hydrogens (primary N) is 1. The van der Waals surface area contributed by atoms with Crippen LogP contribution in [-0.2, 0) is 13.3 Å². The third-order valence-corrected chi connectivity index (χ3v) is 7.62. The first-order chi connectivity index (χ1) is 19.5. The van der Waals surface area contributed by atoms with Crippen molar-refractivity contribution in [3.05, 3.63) is 75.3 Å². The highest BCUT2D eigenvalue weighted by atomic mass is 35.5. The van der Waals surface area contributed by atoms with Gasteiger partial charge in [-0.2, -0.15) is 10.2 Å². The predicted octanol–water partition coefficient (Wildman–Crippen LogP) is 5.97. The number of amides is 2. The zero-order valence-electron chi connectivity index (χ0n) is 22.1. The van der Waals surface area contributed by atoms with Gasteiger partial charge in [0.15, 0.2) is 12.4 Å². The van der Waals surface area contributed by atoms with Crippen LogP contribution in [0.1, 0.15) is 50.5 Å². The minimum atomic E-state index is -2.86. The summed E-state index contributed by atoms with van der Waals surface area (Å²) in [4.78, 5) is 29.9. The van der Waals surface area contributed by atoms with Crippen LogP contribution in [0.25, 0.3) is 21.3 Å². The van der Waals surface area contributed by atoms with Crippen molar-refractivity contribution in [3.63, 3.8) is 0 Å². The average Bonchev–Trinajstić information content (AvgIpc) is 3.65. The summed E-state index contributed by atoms with van der Waals surface area (Å²) in [6.45, 7) is 6.07. The fourth-order valence-corrected chi connectivity index (χ4v) is 5.56. The quantitative estimate of drug-likeness (QED) is 0.215. The van der Waals surface area contributed by atoms with Gasteiger partial charge in [-0.15, -0.1) is 11.3 Å². The molecule has 0 bridgehead atoms. The van der Waals surface area contributed by atoms with Crippen molar-refractivity contribution < 1.29 is 23.1 Å². The van der Waals surface area contributed by atoms with Crippen LogP contribution >= 0.6 is 22.9 Å². The van der Waals surface area contributed by atoms with E-state index in [9.17, 15) is 18.4 Å². The number of carbonyl (C=O) groups excluding carboxylic acids is 2. The lowest BCUT2D eigenvalue weighted by Gasteiger charge is -2.10. The lowest BCUT2D eigenvalue weighted by Crippen LogP contribution is -2.18. The summed E-state index contributed by atoms with van der Waals surface area (Å²) < 4.78 is 36.5. The van der Waals surface area contributed by atoms with Crippen molar-refractivity contribution in [3.8, 4) is 16.9 Å². The Labute approximate surface area is 241 Å². The van der Waals surface area contributed by atoms with Crippen molar-refractivity contribution in [2.24, 2.45) is 5.73 Å². The Morgan fingerprint density at radius 3 is 2.59 bits per heavy atom. The van der Waals surface area contributed by atoms with Gasteiger partial charge in [-0.05, 0) is 62.2 Å². The number of benzene rings is 1. The van der Waals surface area contributed by atoms with E-state index in [4.69, 9.17) is 22.1 Å². The molecule has 212 valence electrons. The lowest BCUT2D eigenvalue weighted by atomic mass is 10.0. The molecule has 0 atom stereocenters. The molecule has 0 unspecified atom stereocenters. The summed E-state index contributed by atoms with van der Waals surface area (Å²) in [5.74, 6) is -0.874. The average molecular weight is 600 g/mol. The maximum absolute atomic E-state index is 13.8. The van der Waals surface area contributed by atoms with E-state index in [0.29, 0.717) is 39.5 Å². The Bertz CT molecular complexity index is 1800. The minimum Gasteiger partial charge on any atom is -0.471 e. The molecule has 0 saturated carbocycles. The molecule has 5 rings (SSSR count). The third kappa shape index (κ3) is 5.63. The van der Waals surface area contributed by atoms with Crippen LogP contribution in [-0.4, -0.2) is 36.4 Å². The Hall–Kier alpha value is -4.36. The highest BCUT2D eigenvalue weighted by Gasteiger charge is 2.27. The van der Waals surface area contributed by atoms with E-state index < -0.39 is 23.9 Å². The molecule has 4 heterocycles. The second-order valence-corrected chi connectivity index (χ2v) is 10.5. The van der Waals surface area contributed by atoms with Crippen molar-refractivity contribution in [2.75, 3.05) is 5.32 Å². The van der Waals surface area contributed by atoms with Crippen LogP contribution in [0, 0.1) is 13.8 Å². The highest BCUT2D eigenvalue weighted by Crippen LogP contribution is 2.43. The molecule has 3 N–H and O–H groups in total. The Morgan fingerprint density at radius 2 is 1.93 bits per heavy atom. The van der Waals surface area contributed by atoms with Crippen LogP contribution in [0.15, 0.2) is 42.7 Å². The van der Waals surface area contributed by atoms with Gasteiger partial charge in [0.05, 0.1) is 11.4 Å². The van der Waals surface area contributed by atoms with Crippen LogP contribution in [0.5, 0.6) is 5.75 Å². The number of nitrogens with one attached hydrogen (secondary N) is 1. The van der Waals surface area contributed by atoms with E-state index in [-0.39, 0.29) is 27.8 Å². The normalized spacial score (nSPS) is 11.4. The number of hydrogen-bond donors (Lipinski definition) is 2. The largest absolute Gasteiger partial charge is 0.471 e. The highest BCUT2D eigenvalue weighted by molar-refractivity contribution is 7.21. The van der Waals surface area contributed by atoms with Gasteiger partial charge < -0.3 is 15.8 Å². The summed E-state index contributed by atoms with van der Waals surface area (Å²) in [6, 6.07) is 7.93. The second-order valence-electron chi connectivity index (χ2n) is 9.11. The Morgan fingerprint density at radius 1 is 1.15 bits per heavy atom. The summed E-state index contributed by atoms with van der Waals surface area (Å²) in [7, 11) is 0. The first kappa shape index (κ1) is 28.2. The SMILES string of the molecule is CCn1cc(-c2cc(C(F)F)nc3sc(C(N)=O)c(NC(=O)c4ccn(COc5ccc(Cl)cc5C)n4)c23)c(C)n1. The van der Waals surface area contributed by atoms with E-state index >= 15 is 0 Å². The smallest absolute Gasteiger partial charge is 0.280 e. The number of alkyl halides is 2. The Balaban J connectivity index is 1.51. The molecule has 4 aromatic heterocycles. The topological polar surface area (TPSA) is 130 Å². The van der Waals surface area contributed by atoms with Crippen molar-refractivity contribution in [1.29, 1.82) is 0 Å². The molecule has 0 aliphatic carbocycles. The molecule has 0 radical (unpaired) electrons. The summed E-state index contributed by atoms with van der Waals surface area (Å²) in [5.41, 5.74) is 7.59. The maximum Gasteiger partial charge on any atom is 0.280 e. The van der Waals surface area contributed by atoms with E-state index in [1.807, 2.05) is 13.8 Å². The zero-order valence-corrected chi connectivity index (χ0v) is 23.7. The van der Waals surface area contributed by atoms with E-state index in [1.165, 1.54) is 16.8 Å². The molecule has 0 aliphatic heterocycles. The van der Waals surface area contributed by atoms with Gasteiger partial charge >= 0.3 is 0 Å². The molecule has 5 aromatic rings. The summed E-state index contributed by atoms with van der Waals surface area (Å²) >= 11 is 6.82. The van der Waals surface area contributed by atoms with Gasteiger partial charge in [-0.1, -0.05) is 11.6 Å². The number of hydrogen-bond acceptors (Lipinski definition) is 7. The summed E-state index contributed by atoms with van der Waals surface area (Å²) in [5, 5.41) is 12.3. The lowest BCUT2D eigenvalue weighted by molar-refractivity contribution is 0.100. The monoisotopic (exact) mass is 599 g/mol. The molecule has 0 fully saturated rings. The standard InChI is InChI=1S/C27H24ClF2N7O3S/c1-4-36-11-17(14(3)34-36)16-10-19(24(29)30)32-27-21(16)22(23(41-27)25(31)38)33-26(39)18-7-8-37(35-18)12-40-20-6-5-15(28)9-13(20)2/h5-11,24H,4,12H2,1-3H3,(H2,31,38)(H,33,39). The van der Waals surface area contributed by atoms with Gasteiger partial charge in [0.2, 0.25) is 0 Å². The van der Waals surface area contributed by atoms with E-state index in [1.54, 1.807) is 42.2 Å². The number of anilines is 1. The van der Waals surface area contributed by atoms with Gasteiger partial charge in [-0.25, -0.2) is 18.4 Å². The number of thiophene rings is 1. The molecular formula is C27H24ClF2N7O3S. The van der Waals surface area contributed by atoms with Crippen molar-refractivity contribution in [2.45, 2.75) is 40.5 Å². The number of carbonyl (C=O) groups is 2. The van der Waals surface area contributed by atoms with Crippen LogP contribution in [0.4, 0.5) is 14.5 Å². The first-order valence-electron chi connectivity index (χ1n) is 12.4. The fourth-order valence-electron chi connectivity index (χ4n) is 4.32. The van der Waals surface area contributed by atoms with Gasteiger partial charge in [0, 0.05) is 34.9 Å². The molecule has 2 amide bonds. The number of pyridine rings is 1. The minimum absolute atomic E-state index is 0.0227. The van der Waals surface area contributed by atoms with Crippen molar-refractivity contribution in [1.82, 2.24) is 24.5 Å². The number of halogens is 3. The number of nitrogens with zero attached hydrogens (tertiary/aromatic N) is 5. The van der Waals surface area contributed by atoms with Gasteiger partial charge in [0.1, 0.15) is 21.2 Å². The number of rotatable bonds is 9. The molecule has 14 heteroatoms. The molecular weight excluding hydrogens is 576 g/mol. The maximum atomic E-state index is 13.8. The molecule has 0 saturated heterocycles. The number of fused-ring (bicyclic) bond motifs is 1. The first-order valence-corrected chi connectivity index (χ1v) is 13.6. The number of aromatic nitrogens is 5. The van der Waals surface area contributed by atoms with Crippen LogP contribution in [0.3, 0.4) is 0 Å². The molecule has 1 aromatic carbocycles.